The zero-order chi connectivity index (χ0) is 19.2. The fourth-order valence-electron chi connectivity index (χ4n) is 9.16. The summed E-state index contributed by atoms with van der Waals surface area (Å²) >= 11 is 0. The molecule has 7 heteroatoms. The van der Waals surface area contributed by atoms with Crippen LogP contribution < -0.4 is 0 Å². The highest BCUT2D eigenvalue weighted by atomic mass is 16.6. The molecule has 146 valence electrons. The van der Waals surface area contributed by atoms with E-state index in [1.54, 1.807) is 0 Å². The molecule has 5 aliphatic carbocycles. The third-order valence-electron chi connectivity index (χ3n) is 9.85. The fraction of sp³-hybridized carbons (Fsp3) is 0.762. The molecule has 0 radical (unpaired) electrons. The van der Waals surface area contributed by atoms with E-state index in [4.69, 9.17) is 9.47 Å². The minimum Gasteiger partial charge on any atom is -0.393 e. The Hall–Kier alpha value is -2.05. The highest BCUT2D eigenvalue weighted by molar-refractivity contribution is 6.02. The lowest BCUT2D eigenvalue weighted by Gasteiger charge is -2.41. The van der Waals surface area contributed by atoms with Crippen LogP contribution in [0.3, 0.4) is 0 Å². The topological polar surface area (TPSA) is 104 Å². The fourth-order valence-corrected chi connectivity index (χ4v) is 9.16. The van der Waals surface area contributed by atoms with Crippen LogP contribution in [0.5, 0.6) is 0 Å². The molecule has 0 N–H and O–H groups in total. The SMILES string of the molecule is O=C1OC(=O)[C@@H]2C3C[C@H]([C@H]12)[C@@]1(CC[C@@]2(C[C@@H]4CC2[C@H]2C(=O)OC(=O)[C@@H]42)C1=O)C3. The number of ether oxygens (including phenoxy) is 2. The maximum absolute atomic E-state index is 14.0. The van der Waals surface area contributed by atoms with Crippen molar-refractivity contribution in [3.8, 4) is 0 Å². The van der Waals surface area contributed by atoms with E-state index in [-0.39, 0.29) is 41.3 Å². The first-order valence-corrected chi connectivity index (χ1v) is 10.4. The van der Waals surface area contributed by atoms with Crippen molar-refractivity contribution in [2.24, 2.45) is 58.2 Å². The molecule has 7 aliphatic rings. The first kappa shape index (κ1) is 15.8. The number of cyclic esters (lactones) is 4. The second kappa shape index (κ2) is 4.41. The second-order valence-corrected chi connectivity index (χ2v) is 10.3. The number of rotatable bonds is 0. The van der Waals surface area contributed by atoms with Gasteiger partial charge in [-0.05, 0) is 62.2 Å². The summed E-state index contributed by atoms with van der Waals surface area (Å²) in [5, 5.41) is 0. The Labute approximate surface area is 160 Å². The van der Waals surface area contributed by atoms with Crippen LogP contribution in [0.15, 0.2) is 0 Å². The zero-order valence-corrected chi connectivity index (χ0v) is 15.2. The standard InChI is InChI=1S/C21H20O7/c22-15-11-7-3-9(13(11)17(24)27-15)20(5-7)1-2-21(19(20)26)6-8-4-10(21)14-12(8)16(23)28-18(14)25/h7-14H,1-6H2/t7-,8?,9?,10+,11-,12+,13+,14-,20-,21+/m0/s1. The van der Waals surface area contributed by atoms with Gasteiger partial charge in [0.15, 0.2) is 0 Å². The Bertz CT molecular complexity index is 850. The predicted octanol–water partition coefficient (Wildman–Crippen LogP) is 1.03. The molecule has 2 spiro atoms. The maximum atomic E-state index is 14.0. The van der Waals surface area contributed by atoms with Crippen LogP contribution in [0, 0.1) is 58.2 Å². The van der Waals surface area contributed by atoms with E-state index >= 15 is 0 Å². The van der Waals surface area contributed by atoms with Gasteiger partial charge >= 0.3 is 23.9 Å². The van der Waals surface area contributed by atoms with Gasteiger partial charge in [0, 0.05) is 10.8 Å². The third kappa shape index (κ3) is 1.40. The molecule has 2 heterocycles. The van der Waals surface area contributed by atoms with E-state index in [0.29, 0.717) is 12.8 Å². The number of fused-ring (bicyclic) bond motifs is 12. The highest BCUT2D eigenvalue weighted by Crippen LogP contribution is 2.75. The van der Waals surface area contributed by atoms with Crippen molar-refractivity contribution in [1.29, 1.82) is 0 Å². The van der Waals surface area contributed by atoms with Crippen LogP contribution in [0.1, 0.15) is 38.5 Å². The Balaban J connectivity index is 1.27. The Kier molecular flexibility index (Phi) is 2.49. The van der Waals surface area contributed by atoms with Crippen LogP contribution in [0.4, 0.5) is 0 Å². The van der Waals surface area contributed by atoms with Gasteiger partial charge in [-0.15, -0.1) is 0 Å². The average molecular weight is 384 g/mol. The molecule has 5 saturated carbocycles. The molecular formula is C21H20O7. The van der Waals surface area contributed by atoms with Gasteiger partial charge in [0.25, 0.3) is 0 Å². The summed E-state index contributed by atoms with van der Waals surface area (Å²) in [4.78, 5) is 62.8. The molecule has 4 bridgehead atoms. The van der Waals surface area contributed by atoms with Gasteiger partial charge in [-0.3, -0.25) is 24.0 Å². The van der Waals surface area contributed by atoms with Gasteiger partial charge in [0.2, 0.25) is 0 Å². The molecule has 7 fully saturated rings. The summed E-state index contributed by atoms with van der Waals surface area (Å²) in [7, 11) is 0. The lowest BCUT2D eigenvalue weighted by Crippen LogP contribution is -2.48. The van der Waals surface area contributed by atoms with Gasteiger partial charge in [-0.1, -0.05) is 0 Å². The number of esters is 4. The minimum absolute atomic E-state index is 0.0532. The molecule has 28 heavy (non-hydrogen) atoms. The van der Waals surface area contributed by atoms with Gasteiger partial charge in [0.05, 0.1) is 23.7 Å². The molecule has 0 aromatic carbocycles. The molecule has 7 rings (SSSR count). The van der Waals surface area contributed by atoms with Gasteiger partial charge < -0.3 is 9.47 Å². The first-order chi connectivity index (χ1) is 13.4. The lowest BCUT2D eigenvalue weighted by molar-refractivity contribution is -0.156. The molecule has 2 aliphatic heterocycles. The van der Waals surface area contributed by atoms with Crippen LogP contribution in [-0.4, -0.2) is 29.7 Å². The van der Waals surface area contributed by atoms with Gasteiger partial charge in [0.1, 0.15) is 5.78 Å². The Morgan fingerprint density at radius 2 is 1.00 bits per heavy atom. The van der Waals surface area contributed by atoms with E-state index in [1.807, 2.05) is 0 Å². The molecule has 0 amide bonds. The van der Waals surface area contributed by atoms with E-state index in [1.165, 1.54) is 0 Å². The van der Waals surface area contributed by atoms with E-state index in [2.05, 4.69) is 0 Å². The summed E-state index contributed by atoms with van der Waals surface area (Å²) in [5.41, 5.74) is -1.11. The highest BCUT2D eigenvalue weighted by Gasteiger charge is 2.78. The van der Waals surface area contributed by atoms with Crippen LogP contribution in [-0.2, 0) is 33.4 Å². The second-order valence-electron chi connectivity index (χ2n) is 10.3. The average Bonchev–Trinajstić information content (AvgIpc) is 3.46. The van der Waals surface area contributed by atoms with Crippen molar-refractivity contribution in [2.75, 3.05) is 0 Å². The van der Waals surface area contributed by atoms with Crippen LogP contribution in [0.25, 0.3) is 0 Å². The largest absolute Gasteiger partial charge is 0.393 e. The number of hydrogen-bond acceptors (Lipinski definition) is 7. The number of hydrogen-bond donors (Lipinski definition) is 0. The normalized spacial score (nSPS) is 57.6. The monoisotopic (exact) mass is 384 g/mol. The third-order valence-corrected chi connectivity index (χ3v) is 9.85. The summed E-state index contributed by atoms with van der Waals surface area (Å²) in [5.74, 6) is -3.28. The van der Waals surface area contributed by atoms with E-state index in [0.717, 1.165) is 25.7 Å². The lowest BCUT2D eigenvalue weighted by atomic mass is 9.58. The molecular weight excluding hydrogens is 364 g/mol. The predicted molar refractivity (Wildman–Crippen MR) is 87.7 cm³/mol. The minimum atomic E-state index is -0.554. The van der Waals surface area contributed by atoms with Crippen molar-refractivity contribution in [3.63, 3.8) is 0 Å². The van der Waals surface area contributed by atoms with Crippen LogP contribution >= 0.6 is 0 Å². The smallest absolute Gasteiger partial charge is 0.317 e. The summed E-state index contributed by atoms with van der Waals surface area (Å²) in [6.07, 6.45) is 4.27. The number of carbonyl (C=O) groups is 5. The van der Waals surface area contributed by atoms with Crippen molar-refractivity contribution < 1.29 is 33.4 Å². The van der Waals surface area contributed by atoms with Gasteiger partial charge in [-0.25, -0.2) is 0 Å². The maximum Gasteiger partial charge on any atom is 0.317 e. The molecule has 0 aromatic heterocycles. The number of carbonyl (C=O) groups excluding carboxylic acids is 5. The number of ketones is 1. The summed E-state index contributed by atoms with van der Waals surface area (Å²) in [6.45, 7) is 0. The number of Topliss-reactive ketones (excluding diaryl/α,β-unsaturated/α-hetero) is 1. The van der Waals surface area contributed by atoms with Gasteiger partial charge in [-0.2, -0.15) is 0 Å². The van der Waals surface area contributed by atoms with Crippen molar-refractivity contribution >= 4 is 29.7 Å². The Morgan fingerprint density at radius 1 is 0.607 bits per heavy atom. The first-order valence-electron chi connectivity index (χ1n) is 10.4. The zero-order valence-electron chi connectivity index (χ0n) is 15.2. The molecule has 2 unspecified atom stereocenters. The van der Waals surface area contributed by atoms with Crippen molar-refractivity contribution in [2.45, 2.75) is 38.5 Å². The molecule has 2 saturated heterocycles. The van der Waals surface area contributed by atoms with Crippen LogP contribution in [0.2, 0.25) is 0 Å². The van der Waals surface area contributed by atoms with Crippen molar-refractivity contribution in [3.05, 3.63) is 0 Å². The quantitative estimate of drug-likeness (QED) is 0.454. The van der Waals surface area contributed by atoms with Crippen molar-refractivity contribution in [1.82, 2.24) is 0 Å². The van der Waals surface area contributed by atoms with E-state index in [9.17, 15) is 24.0 Å². The molecule has 10 atom stereocenters. The summed E-state index contributed by atoms with van der Waals surface area (Å²) in [6, 6.07) is 0. The summed E-state index contributed by atoms with van der Waals surface area (Å²) < 4.78 is 9.82. The Morgan fingerprint density at radius 3 is 1.43 bits per heavy atom. The molecule has 7 nitrogen and oxygen atoms in total. The van der Waals surface area contributed by atoms with E-state index < -0.39 is 46.5 Å². The molecule has 0 aromatic rings.